The van der Waals surface area contributed by atoms with Crippen LogP contribution in [-0.4, -0.2) is 33.9 Å². The Kier molecular flexibility index (Phi) is 8.43. The van der Waals surface area contributed by atoms with E-state index in [0.717, 1.165) is 12.3 Å². The molecular weight excluding hydrogens is 644 g/mol. The van der Waals surface area contributed by atoms with Crippen LogP contribution in [0.15, 0.2) is 63.8 Å². The summed E-state index contributed by atoms with van der Waals surface area (Å²) in [6, 6.07) is 8.16. The van der Waals surface area contributed by atoms with Gasteiger partial charge in [0.2, 0.25) is 0 Å². The molecule has 14 heteroatoms. The molecule has 0 fully saturated rings. The summed E-state index contributed by atoms with van der Waals surface area (Å²) in [5.41, 5.74) is 15.4. The van der Waals surface area contributed by atoms with Crippen molar-refractivity contribution in [1.82, 2.24) is 0 Å². The quantitative estimate of drug-likeness (QED) is 0.0719. The fourth-order valence-corrected chi connectivity index (χ4v) is 4.45. The van der Waals surface area contributed by atoms with Crippen molar-refractivity contribution in [3.63, 3.8) is 0 Å². The van der Waals surface area contributed by atoms with Crippen molar-refractivity contribution in [3.05, 3.63) is 82.8 Å². The average Bonchev–Trinajstić information content (AvgIpc) is 2.86. The second-order valence-electron chi connectivity index (χ2n) is 7.90. The van der Waals surface area contributed by atoms with Crippen molar-refractivity contribution in [3.8, 4) is 11.5 Å². The number of benzene rings is 2. The summed E-state index contributed by atoms with van der Waals surface area (Å²) >= 11 is 6.60. The Hall–Kier alpha value is -4.48. The standard InChI is InChI=1S/C25H15Br2N4O8/c26-16-6-14-12(10-30-28)4-24(34)36-18(14)8-20(16)38-22(32)2-1-3-23(33)39-21-9-19-15(7-17(21)27)13(11-31-29)5-25(35)37-19/h4-11,28H,1-3H2/q+1. The number of fused-ring (bicyclic) bond motifs is 2. The smallest absolute Gasteiger partial charge is 0.338 e. The molecule has 0 aliphatic heterocycles. The fraction of sp³-hybridized carbons (Fsp3) is 0.120. The van der Waals surface area contributed by atoms with Crippen LogP contribution in [0.4, 0.5) is 0 Å². The highest BCUT2D eigenvalue weighted by atomic mass is 79.9. The van der Waals surface area contributed by atoms with E-state index >= 15 is 0 Å². The molecule has 0 saturated carbocycles. The van der Waals surface area contributed by atoms with Gasteiger partial charge in [0.15, 0.2) is 0 Å². The minimum atomic E-state index is -0.683. The monoisotopic (exact) mass is 657 g/mol. The van der Waals surface area contributed by atoms with E-state index < -0.39 is 23.2 Å². The molecule has 0 aliphatic rings. The largest absolute Gasteiger partial charge is 0.425 e. The molecule has 0 spiro atoms. The van der Waals surface area contributed by atoms with Gasteiger partial charge in [0.1, 0.15) is 22.7 Å². The topological polar surface area (TPSA) is 187 Å². The molecule has 12 nitrogen and oxygen atoms in total. The van der Waals surface area contributed by atoms with Crippen LogP contribution >= 0.6 is 31.9 Å². The first kappa shape index (κ1) is 27.6. The molecule has 2 heterocycles. The maximum absolute atomic E-state index is 12.4. The number of rotatable bonds is 8. The summed E-state index contributed by atoms with van der Waals surface area (Å²) in [5, 5.41) is 0.929. The minimum absolute atomic E-state index is 0.0905. The van der Waals surface area contributed by atoms with Crippen LogP contribution in [0.5, 0.6) is 11.5 Å². The van der Waals surface area contributed by atoms with Crippen LogP contribution in [-0.2, 0) is 9.59 Å². The summed E-state index contributed by atoms with van der Waals surface area (Å²) < 4.78 is 21.8. The number of nitrogens with one attached hydrogen (secondary N) is 1. The third-order valence-corrected chi connectivity index (χ3v) is 6.51. The summed E-state index contributed by atoms with van der Waals surface area (Å²) in [7, 11) is 0. The Balaban J connectivity index is 1.40. The summed E-state index contributed by atoms with van der Waals surface area (Å²) in [4.78, 5) is 54.4. The van der Waals surface area contributed by atoms with Gasteiger partial charge in [-0.25, -0.2) is 9.59 Å². The highest BCUT2D eigenvalue weighted by Crippen LogP contribution is 2.33. The molecule has 1 N–H and O–H groups in total. The van der Waals surface area contributed by atoms with Crippen molar-refractivity contribution in [1.29, 1.82) is 5.53 Å². The van der Waals surface area contributed by atoms with E-state index in [2.05, 4.69) is 41.4 Å². The molecule has 0 saturated heterocycles. The Morgan fingerprint density at radius 3 is 1.72 bits per heavy atom. The Bertz CT molecular complexity index is 1730. The normalized spacial score (nSPS) is 10.5. The van der Waals surface area contributed by atoms with Gasteiger partial charge in [0.05, 0.1) is 25.6 Å². The van der Waals surface area contributed by atoms with Gasteiger partial charge >= 0.3 is 29.4 Å². The maximum atomic E-state index is 12.4. The predicted octanol–water partition coefficient (Wildman–Crippen LogP) is 4.41. The number of ether oxygens (including phenoxy) is 2. The lowest BCUT2D eigenvalue weighted by Gasteiger charge is -2.09. The van der Waals surface area contributed by atoms with Gasteiger partial charge in [-0.05, 0) is 50.4 Å². The molecule has 39 heavy (non-hydrogen) atoms. The maximum Gasteiger partial charge on any atom is 0.338 e. The van der Waals surface area contributed by atoms with E-state index in [1.54, 1.807) is 12.1 Å². The highest BCUT2D eigenvalue weighted by Gasteiger charge is 2.17. The van der Waals surface area contributed by atoms with Gasteiger partial charge in [-0.15, -0.1) is 0 Å². The van der Waals surface area contributed by atoms with Crippen LogP contribution < -0.4 is 20.7 Å². The van der Waals surface area contributed by atoms with E-state index in [1.807, 2.05) is 0 Å². The van der Waals surface area contributed by atoms with Crippen LogP contribution in [0, 0.1) is 5.53 Å². The number of hydrogen-bond donors (Lipinski definition) is 1. The number of nitrogens with zero attached hydrogens (tertiary/aromatic N) is 3. The summed E-state index contributed by atoms with van der Waals surface area (Å²) in [6.07, 6.45) is 2.14. The first-order valence-electron chi connectivity index (χ1n) is 11.0. The van der Waals surface area contributed by atoms with Crippen molar-refractivity contribution in [2.75, 3.05) is 0 Å². The van der Waals surface area contributed by atoms with E-state index in [4.69, 9.17) is 29.4 Å². The molecule has 0 atom stereocenters. The second-order valence-corrected chi connectivity index (χ2v) is 9.61. The number of carbonyl (C=O) groups is 2. The van der Waals surface area contributed by atoms with E-state index in [0.29, 0.717) is 30.8 Å². The van der Waals surface area contributed by atoms with Crippen LogP contribution in [0.25, 0.3) is 27.5 Å². The van der Waals surface area contributed by atoms with Crippen LogP contribution in [0.3, 0.4) is 0 Å². The lowest BCUT2D eigenvalue weighted by Crippen LogP contribution is -2.12. The van der Waals surface area contributed by atoms with Gasteiger partial charge in [-0.2, -0.15) is 4.79 Å². The molecule has 2 aromatic heterocycles. The van der Waals surface area contributed by atoms with Crippen molar-refractivity contribution < 1.29 is 37.5 Å². The summed E-state index contributed by atoms with van der Waals surface area (Å²) in [6.45, 7) is 0. The SMILES string of the molecule is [N-]=[N+]=Cc1cc(=O)oc2cc(OC(=O)CCCC(=O)Oc3cc4oc(=O)cc(C=[N+]=N)c4cc3Br)c(Br)cc12. The number of halogens is 2. The molecule has 2 aromatic carbocycles. The molecule has 196 valence electrons. The molecule has 4 rings (SSSR count). The van der Waals surface area contributed by atoms with Crippen molar-refractivity contribution in [2.45, 2.75) is 19.3 Å². The number of esters is 2. The van der Waals surface area contributed by atoms with Gasteiger partial charge in [-0.1, -0.05) is 0 Å². The number of hydrogen-bond acceptors (Lipinski definition) is 9. The fourth-order valence-electron chi connectivity index (χ4n) is 3.60. The molecule has 0 bridgehead atoms. The lowest BCUT2D eigenvalue weighted by atomic mass is 10.1. The average molecular weight is 659 g/mol. The molecule has 0 aliphatic carbocycles. The zero-order chi connectivity index (χ0) is 28.1. The lowest BCUT2D eigenvalue weighted by molar-refractivity contribution is -0.136. The predicted molar refractivity (Wildman–Crippen MR) is 142 cm³/mol. The molecule has 4 aromatic rings. The van der Waals surface area contributed by atoms with Gasteiger partial charge in [-0.3, -0.25) is 9.59 Å². The molecular formula is C25H15Br2N4O8+. The first-order valence-corrected chi connectivity index (χ1v) is 12.6. The van der Waals surface area contributed by atoms with Crippen molar-refractivity contribution in [2.24, 2.45) is 0 Å². The van der Waals surface area contributed by atoms with Gasteiger partial charge < -0.3 is 23.8 Å². The van der Waals surface area contributed by atoms with E-state index in [-0.39, 0.29) is 41.9 Å². The van der Waals surface area contributed by atoms with Gasteiger partial charge in [0.25, 0.3) is 6.21 Å². The molecule has 0 amide bonds. The zero-order valence-corrected chi connectivity index (χ0v) is 22.8. The second kappa shape index (κ2) is 11.9. The third-order valence-electron chi connectivity index (χ3n) is 5.27. The summed E-state index contributed by atoms with van der Waals surface area (Å²) in [5.74, 6) is -1.09. The first-order chi connectivity index (χ1) is 18.7. The van der Waals surface area contributed by atoms with Crippen LogP contribution in [0.2, 0.25) is 0 Å². The zero-order valence-electron chi connectivity index (χ0n) is 19.6. The molecule has 0 radical (unpaired) electrons. The highest BCUT2D eigenvalue weighted by molar-refractivity contribution is 9.11. The van der Waals surface area contributed by atoms with Gasteiger partial charge in [0, 0.05) is 52.7 Å². The van der Waals surface area contributed by atoms with E-state index in [9.17, 15) is 19.2 Å². The van der Waals surface area contributed by atoms with Crippen LogP contribution in [0.1, 0.15) is 30.4 Å². The van der Waals surface area contributed by atoms with E-state index in [1.165, 1.54) is 24.4 Å². The Morgan fingerprint density at radius 2 is 1.28 bits per heavy atom. The number of carbonyl (C=O) groups excluding carboxylic acids is 2. The molecule has 0 unspecified atom stereocenters. The van der Waals surface area contributed by atoms with Crippen molar-refractivity contribution >= 4 is 78.2 Å². The minimum Gasteiger partial charge on any atom is -0.425 e. The Labute approximate surface area is 234 Å². The third kappa shape index (κ3) is 6.51. The Morgan fingerprint density at radius 1 is 0.821 bits per heavy atom.